The molecule has 2 rings (SSSR count). The number of hydrazone groups is 1. The van der Waals surface area contributed by atoms with Gasteiger partial charge in [0.1, 0.15) is 0 Å². The minimum atomic E-state index is 0.144. The van der Waals surface area contributed by atoms with Crippen molar-refractivity contribution < 1.29 is 0 Å². The van der Waals surface area contributed by atoms with Gasteiger partial charge < -0.3 is 5.73 Å². The van der Waals surface area contributed by atoms with E-state index in [1.807, 2.05) is 31.2 Å². The summed E-state index contributed by atoms with van der Waals surface area (Å²) in [4.78, 5) is 4.01. The molecule has 0 aliphatic rings. The van der Waals surface area contributed by atoms with Gasteiger partial charge in [0, 0.05) is 23.0 Å². The van der Waals surface area contributed by atoms with Gasteiger partial charge in [-0.05, 0) is 42.9 Å². The van der Waals surface area contributed by atoms with Crippen molar-refractivity contribution >= 4 is 40.8 Å². The number of hydrogen-bond acceptors (Lipinski definition) is 3. The van der Waals surface area contributed by atoms with E-state index in [2.05, 4.69) is 10.1 Å². The Balaban J connectivity index is 2.30. The van der Waals surface area contributed by atoms with Crippen LogP contribution in [0.1, 0.15) is 11.1 Å². The van der Waals surface area contributed by atoms with Crippen LogP contribution in [-0.2, 0) is 0 Å². The average molecular weight is 305 g/mol. The molecule has 102 valence electrons. The maximum absolute atomic E-state index is 6.11. The number of halogens is 1. The third-order valence-corrected chi connectivity index (χ3v) is 3.20. The zero-order valence-corrected chi connectivity index (χ0v) is 12.4. The van der Waals surface area contributed by atoms with Crippen molar-refractivity contribution in [2.75, 3.05) is 5.01 Å². The predicted molar refractivity (Wildman–Crippen MR) is 87.3 cm³/mol. The largest absolute Gasteiger partial charge is 0.374 e. The quantitative estimate of drug-likeness (QED) is 0.538. The second kappa shape index (κ2) is 6.45. The summed E-state index contributed by atoms with van der Waals surface area (Å²) in [6.07, 6.45) is 5.03. The Morgan fingerprint density at radius 2 is 2.25 bits per heavy atom. The molecule has 2 aromatic rings. The van der Waals surface area contributed by atoms with Crippen molar-refractivity contribution in [2.24, 2.45) is 10.8 Å². The number of hydrogen-bond donors (Lipinski definition) is 1. The first-order valence-electron chi connectivity index (χ1n) is 5.87. The van der Waals surface area contributed by atoms with Gasteiger partial charge in [-0.15, -0.1) is 0 Å². The summed E-state index contributed by atoms with van der Waals surface area (Å²) in [6, 6.07) is 9.24. The lowest BCUT2D eigenvalue weighted by Gasteiger charge is -2.17. The Kier molecular flexibility index (Phi) is 4.65. The highest BCUT2D eigenvalue weighted by Crippen LogP contribution is 2.23. The lowest BCUT2D eigenvalue weighted by molar-refractivity contribution is 1.13. The van der Waals surface area contributed by atoms with Crippen LogP contribution in [0, 0.1) is 6.92 Å². The van der Waals surface area contributed by atoms with E-state index in [9.17, 15) is 0 Å². The molecule has 1 aromatic heterocycles. The van der Waals surface area contributed by atoms with Crippen LogP contribution in [-0.4, -0.2) is 16.3 Å². The van der Waals surface area contributed by atoms with E-state index >= 15 is 0 Å². The molecule has 0 aliphatic carbocycles. The van der Waals surface area contributed by atoms with Crippen LogP contribution in [0.2, 0.25) is 5.02 Å². The third-order valence-electron chi connectivity index (χ3n) is 2.62. The summed E-state index contributed by atoms with van der Waals surface area (Å²) in [7, 11) is 0. The van der Waals surface area contributed by atoms with Crippen LogP contribution < -0.4 is 10.7 Å². The van der Waals surface area contributed by atoms with Crippen molar-refractivity contribution in [1.82, 2.24) is 4.98 Å². The smallest absolute Gasteiger partial charge is 0.191 e. The number of aryl methyl sites for hydroxylation is 1. The van der Waals surface area contributed by atoms with Crippen LogP contribution in [0.4, 0.5) is 5.69 Å². The van der Waals surface area contributed by atoms with E-state index in [1.54, 1.807) is 24.7 Å². The van der Waals surface area contributed by atoms with Gasteiger partial charge in [0.2, 0.25) is 0 Å². The van der Waals surface area contributed by atoms with Gasteiger partial charge in [-0.1, -0.05) is 23.7 Å². The van der Waals surface area contributed by atoms with Gasteiger partial charge in [-0.3, -0.25) is 4.98 Å². The van der Waals surface area contributed by atoms with Crippen molar-refractivity contribution in [1.29, 1.82) is 0 Å². The van der Waals surface area contributed by atoms with E-state index in [0.29, 0.717) is 10.7 Å². The monoisotopic (exact) mass is 304 g/mol. The van der Waals surface area contributed by atoms with E-state index in [1.165, 1.54) is 5.01 Å². The van der Waals surface area contributed by atoms with Crippen LogP contribution in [0.25, 0.3) is 0 Å². The molecule has 0 fully saturated rings. The zero-order valence-electron chi connectivity index (χ0n) is 10.8. The Morgan fingerprint density at radius 1 is 1.45 bits per heavy atom. The molecule has 0 aliphatic heterocycles. The van der Waals surface area contributed by atoms with E-state index < -0.39 is 0 Å². The molecule has 20 heavy (non-hydrogen) atoms. The predicted octanol–water partition coefficient (Wildman–Crippen LogP) is 3.13. The SMILES string of the molecule is Cc1ccc(N(/N=C\c2cccnc2)C(N)=S)cc1Cl. The van der Waals surface area contributed by atoms with Crippen LogP contribution in [0.5, 0.6) is 0 Å². The molecule has 6 heteroatoms. The highest BCUT2D eigenvalue weighted by molar-refractivity contribution is 7.80. The average Bonchev–Trinajstić information content (AvgIpc) is 2.43. The van der Waals surface area contributed by atoms with Crippen molar-refractivity contribution in [3.63, 3.8) is 0 Å². The maximum Gasteiger partial charge on any atom is 0.191 e. The highest BCUT2D eigenvalue weighted by Gasteiger charge is 2.09. The topological polar surface area (TPSA) is 54.5 Å². The van der Waals surface area contributed by atoms with E-state index in [4.69, 9.17) is 29.6 Å². The number of anilines is 1. The van der Waals surface area contributed by atoms with Crippen molar-refractivity contribution in [3.8, 4) is 0 Å². The normalized spacial score (nSPS) is 10.7. The summed E-state index contributed by atoms with van der Waals surface area (Å²) in [6.45, 7) is 1.93. The van der Waals surface area contributed by atoms with Gasteiger partial charge in [0.25, 0.3) is 0 Å². The van der Waals surface area contributed by atoms with Gasteiger partial charge in [-0.25, -0.2) is 5.01 Å². The molecule has 0 spiro atoms. The molecule has 4 nitrogen and oxygen atoms in total. The van der Waals surface area contributed by atoms with E-state index in [0.717, 1.165) is 11.1 Å². The highest BCUT2D eigenvalue weighted by atomic mass is 35.5. The fourth-order valence-corrected chi connectivity index (χ4v) is 1.87. The Hall–Kier alpha value is -1.98. The minimum absolute atomic E-state index is 0.144. The number of pyridine rings is 1. The summed E-state index contributed by atoms with van der Waals surface area (Å²) < 4.78 is 0. The first-order valence-corrected chi connectivity index (χ1v) is 6.66. The van der Waals surface area contributed by atoms with Gasteiger partial charge in [-0.2, -0.15) is 5.10 Å². The Morgan fingerprint density at radius 3 is 2.85 bits per heavy atom. The molecule has 1 heterocycles. The number of thiocarbonyl (C=S) groups is 1. The zero-order chi connectivity index (χ0) is 14.5. The number of nitrogens with zero attached hydrogens (tertiary/aromatic N) is 3. The molecule has 0 atom stereocenters. The fourth-order valence-electron chi connectivity index (χ4n) is 1.54. The summed E-state index contributed by atoms with van der Waals surface area (Å²) in [5.41, 5.74) is 8.26. The number of benzene rings is 1. The summed E-state index contributed by atoms with van der Waals surface area (Å²) >= 11 is 11.1. The first kappa shape index (κ1) is 14.4. The summed E-state index contributed by atoms with van der Waals surface area (Å²) in [5.74, 6) is 0. The second-order valence-corrected chi connectivity index (χ2v) is 4.94. The molecular weight excluding hydrogens is 292 g/mol. The number of nitrogens with two attached hydrogens (primary N) is 1. The fraction of sp³-hybridized carbons (Fsp3) is 0.0714. The third kappa shape index (κ3) is 3.53. The van der Waals surface area contributed by atoms with Crippen molar-refractivity contribution in [2.45, 2.75) is 6.92 Å². The van der Waals surface area contributed by atoms with Crippen molar-refractivity contribution in [3.05, 3.63) is 58.9 Å². The Bertz CT molecular complexity index is 643. The molecule has 0 unspecified atom stereocenters. The standard InChI is InChI=1S/C14H13ClN4S/c1-10-4-5-12(7-13(10)15)19(14(16)20)18-9-11-3-2-6-17-8-11/h2-9H,1H3,(H2,16,20)/b18-9-. The maximum atomic E-state index is 6.11. The van der Waals surface area contributed by atoms with Gasteiger partial charge in [0.05, 0.1) is 11.9 Å². The molecule has 0 saturated carbocycles. The lowest BCUT2D eigenvalue weighted by atomic mass is 10.2. The van der Waals surface area contributed by atoms with E-state index in [-0.39, 0.29) is 5.11 Å². The second-order valence-electron chi connectivity index (χ2n) is 4.11. The molecule has 1 aromatic carbocycles. The molecule has 0 amide bonds. The summed E-state index contributed by atoms with van der Waals surface area (Å²) in [5, 5.41) is 6.51. The van der Waals surface area contributed by atoms with Crippen LogP contribution in [0.3, 0.4) is 0 Å². The molecule has 0 radical (unpaired) electrons. The lowest BCUT2D eigenvalue weighted by Crippen LogP contribution is -2.31. The molecular formula is C14H13ClN4S. The molecule has 2 N–H and O–H groups in total. The minimum Gasteiger partial charge on any atom is -0.374 e. The van der Waals surface area contributed by atoms with Gasteiger partial charge >= 0.3 is 0 Å². The first-order chi connectivity index (χ1) is 9.58. The van der Waals surface area contributed by atoms with Crippen LogP contribution in [0.15, 0.2) is 47.8 Å². The molecule has 0 saturated heterocycles. The van der Waals surface area contributed by atoms with Crippen LogP contribution >= 0.6 is 23.8 Å². The number of rotatable bonds is 3. The van der Waals surface area contributed by atoms with Gasteiger partial charge in [0.15, 0.2) is 5.11 Å². The Labute approximate surface area is 127 Å². The number of aromatic nitrogens is 1. The molecule has 0 bridgehead atoms.